The van der Waals surface area contributed by atoms with Crippen LogP contribution in [0.15, 0.2) is 11.2 Å². The molecular formula is C11H12F3N3O2. The van der Waals surface area contributed by atoms with E-state index in [1.807, 2.05) is 0 Å². The van der Waals surface area contributed by atoms with Gasteiger partial charge in [0.15, 0.2) is 12.4 Å². The molecule has 0 saturated heterocycles. The minimum absolute atomic E-state index is 0.0763. The predicted molar refractivity (Wildman–Crippen MR) is 60.3 cm³/mol. The molecule has 0 radical (unpaired) electrons. The van der Waals surface area contributed by atoms with E-state index < -0.39 is 12.8 Å². The Bertz CT molecular complexity index is 515. The topological polar surface area (TPSA) is 80.7 Å². The Balaban J connectivity index is 2.34. The molecule has 0 unspecified atom stereocenters. The molecule has 104 valence electrons. The van der Waals surface area contributed by atoms with E-state index >= 15 is 0 Å². The molecular weight excluding hydrogens is 263 g/mol. The number of aromatic nitrogens is 1. The third-order valence-corrected chi connectivity index (χ3v) is 2.77. The Morgan fingerprint density at radius 1 is 1.47 bits per heavy atom. The first kappa shape index (κ1) is 13.4. The number of rotatable bonds is 3. The molecule has 0 amide bonds. The van der Waals surface area contributed by atoms with Gasteiger partial charge in [-0.3, -0.25) is 0 Å². The average Bonchev–Trinajstić information content (AvgIpc) is 2.80. The molecule has 0 aliphatic heterocycles. The first-order valence-corrected chi connectivity index (χ1v) is 5.61. The lowest BCUT2D eigenvalue weighted by Gasteiger charge is -2.13. The second-order valence-electron chi connectivity index (χ2n) is 4.19. The minimum Gasteiger partial charge on any atom is -0.467 e. The van der Waals surface area contributed by atoms with E-state index in [1.54, 1.807) is 6.07 Å². The van der Waals surface area contributed by atoms with Gasteiger partial charge in [-0.1, -0.05) is 5.16 Å². The van der Waals surface area contributed by atoms with Crippen LogP contribution in [0.5, 0.6) is 5.88 Å². The molecule has 8 heteroatoms. The Morgan fingerprint density at radius 3 is 2.84 bits per heavy atom. The Morgan fingerprint density at radius 2 is 2.21 bits per heavy atom. The SMILES string of the molecule is NC(=NO)c1cc2c(nc1OCC(F)(F)F)CCC2. The van der Waals surface area contributed by atoms with E-state index in [2.05, 4.69) is 14.9 Å². The Hall–Kier alpha value is -1.99. The fraction of sp³-hybridized carbons (Fsp3) is 0.455. The standard InChI is InChI=1S/C11H12F3N3O2/c12-11(13,14)5-19-10-7(9(15)17-18)4-6-2-1-3-8(6)16-10/h4,18H,1-3,5H2,(H2,15,17). The van der Waals surface area contributed by atoms with Crippen LogP contribution in [0.25, 0.3) is 0 Å². The monoisotopic (exact) mass is 275 g/mol. The smallest absolute Gasteiger partial charge is 0.422 e. The van der Waals surface area contributed by atoms with E-state index in [9.17, 15) is 13.2 Å². The molecule has 1 heterocycles. The number of hydrogen-bond donors (Lipinski definition) is 2. The van der Waals surface area contributed by atoms with Gasteiger partial charge in [0.2, 0.25) is 5.88 Å². The van der Waals surface area contributed by atoms with Crippen molar-refractivity contribution in [2.45, 2.75) is 25.4 Å². The van der Waals surface area contributed by atoms with Crippen LogP contribution in [0.2, 0.25) is 0 Å². The van der Waals surface area contributed by atoms with Crippen LogP contribution >= 0.6 is 0 Å². The van der Waals surface area contributed by atoms with Crippen molar-refractivity contribution in [3.8, 4) is 5.88 Å². The molecule has 1 aromatic heterocycles. The summed E-state index contributed by atoms with van der Waals surface area (Å²) < 4.78 is 41.1. The largest absolute Gasteiger partial charge is 0.467 e. The maximum Gasteiger partial charge on any atom is 0.422 e. The van der Waals surface area contributed by atoms with Gasteiger partial charge in [0.25, 0.3) is 0 Å². The van der Waals surface area contributed by atoms with E-state index in [-0.39, 0.29) is 17.3 Å². The third kappa shape index (κ3) is 3.07. The number of nitrogens with two attached hydrogens (primary N) is 1. The van der Waals surface area contributed by atoms with Crippen LogP contribution in [0.1, 0.15) is 23.2 Å². The first-order valence-electron chi connectivity index (χ1n) is 5.61. The normalized spacial score (nSPS) is 15.4. The first-order chi connectivity index (χ1) is 8.90. The predicted octanol–water partition coefficient (Wildman–Crippen LogP) is 1.61. The van der Waals surface area contributed by atoms with Crippen LogP contribution in [0.3, 0.4) is 0 Å². The number of oxime groups is 1. The zero-order chi connectivity index (χ0) is 14.0. The van der Waals surface area contributed by atoms with Crippen LogP contribution in [0.4, 0.5) is 13.2 Å². The van der Waals surface area contributed by atoms with Crippen LogP contribution in [0, 0.1) is 0 Å². The summed E-state index contributed by atoms with van der Waals surface area (Å²) in [6.45, 7) is -1.47. The van der Waals surface area contributed by atoms with Crippen molar-refractivity contribution in [2.24, 2.45) is 10.9 Å². The second-order valence-corrected chi connectivity index (χ2v) is 4.19. The van der Waals surface area contributed by atoms with Crippen molar-refractivity contribution in [1.29, 1.82) is 0 Å². The summed E-state index contributed by atoms with van der Waals surface area (Å²) in [4.78, 5) is 4.03. The maximum absolute atomic E-state index is 12.2. The summed E-state index contributed by atoms with van der Waals surface area (Å²) >= 11 is 0. The highest BCUT2D eigenvalue weighted by Gasteiger charge is 2.30. The molecule has 0 saturated carbocycles. The molecule has 1 aliphatic rings. The Labute approximate surface area is 106 Å². The molecule has 0 fully saturated rings. The molecule has 1 aromatic rings. The van der Waals surface area contributed by atoms with Gasteiger partial charge in [0.1, 0.15) is 0 Å². The molecule has 3 N–H and O–H groups in total. The summed E-state index contributed by atoms with van der Waals surface area (Å²) in [5, 5.41) is 11.4. The van der Waals surface area contributed by atoms with Crippen molar-refractivity contribution in [2.75, 3.05) is 6.61 Å². The summed E-state index contributed by atoms with van der Waals surface area (Å²) in [5.74, 6) is -0.576. The molecule has 5 nitrogen and oxygen atoms in total. The minimum atomic E-state index is -4.47. The van der Waals surface area contributed by atoms with Gasteiger partial charge in [0.05, 0.1) is 5.56 Å². The van der Waals surface area contributed by atoms with Gasteiger partial charge >= 0.3 is 6.18 Å². The quantitative estimate of drug-likeness (QED) is 0.380. The van der Waals surface area contributed by atoms with Crippen LogP contribution < -0.4 is 10.5 Å². The number of ether oxygens (including phenoxy) is 1. The van der Waals surface area contributed by atoms with Crippen molar-refractivity contribution in [3.63, 3.8) is 0 Å². The van der Waals surface area contributed by atoms with Crippen LogP contribution in [-0.2, 0) is 12.8 Å². The van der Waals surface area contributed by atoms with Gasteiger partial charge in [-0.05, 0) is 30.9 Å². The maximum atomic E-state index is 12.2. The molecule has 1 aliphatic carbocycles. The van der Waals surface area contributed by atoms with Gasteiger partial charge in [-0.2, -0.15) is 13.2 Å². The van der Waals surface area contributed by atoms with Crippen molar-refractivity contribution < 1.29 is 23.1 Å². The zero-order valence-corrected chi connectivity index (χ0v) is 9.87. The molecule has 2 rings (SSSR count). The Kier molecular flexibility index (Phi) is 3.50. The van der Waals surface area contributed by atoms with E-state index in [4.69, 9.17) is 10.9 Å². The summed E-state index contributed by atoms with van der Waals surface area (Å²) in [5.41, 5.74) is 7.09. The van der Waals surface area contributed by atoms with Gasteiger partial charge < -0.3 is 15.7 Å². The number of hydrogen-bond acceptors (Lipinski definition) is 4. The lowest BCUT2D eigenvalue weighted by Crippen LogP contribution is -2.23. The van der Waals surface area contributed by atoms with Crippen molar-refractivity contribution >= 4 is 5.84 Å². The summed E-state index contributed by atoms with van der Waals surface area (Å²) in [7, 11) is 0. The molecule has 19 heavy (non-hydrogen) atoms. The highest BCUT2D eigenvalue weighted by Crippen LogP contribution is 2.27. The number of pyridine rings is 1. The van der Waals surface area contributed by atoms with Crippen molar-refractivity contribution in [3.05, 3.63) is 22.9 Å². The molecule has 0 atom stereocenters. The fourth-order valence-electron chi connectivity index (χ4n) is 1.95. The van der Waals surface area contributed by atoms with Gasteiger partial charge in [-0.25, -0.2) is 4.98 Å². The molecule has 0 aromatic carbocycles. The zero-order valence-electron chi connectivity index (χ0n) is 9.87. The summed E-state index contributed by atoms with van der Waals surface area (Å²) in [6.07, 6.45) is -2.13. The lowest BCUT2D eigenvalue weighted by atomic mass is 10.1. The van der Waals surface area contributed by atoms with Crippen molar-refractivity contribution in [1.82, 2.24) is 4.98 Å². The lowest BCUT2D eigenvalue weighted by molar-refractivity contribution is -0.154. The highest BCUT2D eigenvalue weighted by atomic mass is 19.4. The van der Waals surface area contributed by atoms with E-state index in [1.165, 1.54) is 0 Å². The summed E-state index contributed by atoms with van der Waals surface area (Å²) in [6, 6.07) is 1.57. The van der Waals surface area contributed by atoms with E-state index in [0.29, 0.717) is 12.1 Å². The molecule has 0 bridgehead atoms. The number of aryl methyl sites for hydroxylation is 2. The van der Waals surface area contributed by atoms with Crippen LogP contribution in [-0.4, -0.2) is 28.8 Å². The van der Waals surface area contributed by atoms with Gasteiger partial charge in [-0.15, -0.1) is 0 Å². The number of halogens is 3. The fourth-order valence-corrected chi connectivity index (χ4v) is 1.95. The number of fused-ring (bicyclic) bond motifs is 1. The van der Waals surface area contributed by atoms with Gasteiger partial charge in [0, 0.05) is 5.69 Å². The number of nitrogens with zero attached hydrogens (tertiary/aromatic N) is 2. The number of alkyl halides is 3. The third-order valence-electron chi connectivity index (χ3n) is 2.77. The molecule has 0 spiro atoms. The highest BCUT2D eigenvalue weighted by molar-refractivity contribution is 5.99. The van der Waals surface area contributed by atoms with E-state index in [0.717, 1.165) is 18.4 Å². The number of amidine groups is 1. The second kappa shape index (κ2) is 4.94. The average molecular weight is 275 g/mol.